The highest BCUT2D eigenvalue weighted by Crippen LogP contribution is 2.34. The van der Waals surface area contributed by atoms with Gasteiger partial charge in [-0.15, -0.1) is 0 Å². The van der Waals surface area contributed by atoms with E-state index in [4.69, 9.17) is 4.74 Å². The third kappa shape index (κ3) is 5.03. The Kier molecular flexibility index (Phi) is 8.20. The first kappa shape index (κ1) is 22.6. The summed E-state index contributed by atoms with van der Waals surface area (Å²) >= 11 is 0. The third-order valence-corrected chi connectivity index (χ3v) is 4.94. The average molecular weight is 361 g/mol. The summed E-state index contributed by atoms with van der Waals surface area (Å²) in [5.74, 6) is -0.257. The van der Waals surface area contributed by atoms with Crippen LogP contribution in [-0.2, 0) is 9.53 Å². The predicted octanol–water partition coefficient (Wildman–Crippen LogP) is 5.73. The molecule has 1 aromatic rings. The Morgan fingerprint density at radius 3 is 1.62 bits per heavy atom. The van der Waals surface area contributed by atoms with Gasteiger partial charge >= 0.3 is 0 Å². The van der Waals surface area contributed by atoms with Crippen molar-refractivity contribution >= 4 is 11.6 Å². The van der Waals surface area contributed by atoms with Gasteiger partial charge in [-0.2, -0.15) is 0 Å². The number of benzene rings is 1. The molecule has 0 amide bonds. The summed E-state index contributed by atoms with van der Waals surface area (Å²) in [6.45, 7) is 16.6. The molecule has 0 bridgehead atoms. The SMILES string of the molecule is COCC(C(=O)c1c(C(C)C)cc(C(C)C)cc1C(C)C)C(=O)C(C)C. The van der Waals surface area contributed by atoms with Gasteiger partial charge in [0.25, 0.3) is 0 Å². The Bertz CT molecular complexity index is 610. The maximum absolute atomic E-state index is 13.5. The lowest BCUT2D eigenvalue weighted by molar-refractivity contribution is -0.125. The maximum Gasteiger partial charge on any atom is 0.176 e. The Morgan fingerprint density at radius 1 is 0.846 bits per heavy atom. The van der Waals surface area contributed by atoms with Crippen molar-refractivity contribution in [3.05, 3.63) is 34.4 Å². The van der Waals surface area contributed by atoms with Crippen molar-refractivity contribution in [3.63, 3.8) is 0 Å². The molecule has 0 saturated heterocycles. The summed E-state index contributed by atoms with van der Waals surface area (Å²) in [7, 11) is 1.54. The van der Waals surface area contributed by atoms with Crippen molar-refractivity contribution in [1.29, 1.82) is 0 Å². The van der Waals surface area contributed by atoms with Gasteiger partial charge in [-0.05, 0) is 34.4 Å². The molecule has 0 heterocycles. The highest BCUT2D eigenvalue weighted by atomic mass is 16.5. The Hall–Kier alpha value is -1.48. The molecular formula is C23H36O3. The molecule has 1 atom stereocenters. The van der Waals surface area contributed by atoms with Crippen LogP contribution in [0.4, 0.5) is 0 Å². The lowest BCUT2D eigenvalue weighted by Crippen LogP contribution is -2.33. The minimum Gasteiger partial charge on any atom is -0.383 e. The second-order valence-electron chi connectivity index (χ2n) is 8.47. The number of ether oxygens (including phenoxy) is 1. The third-order valence-electron chi connectivity index (χ3n) is 4.94. The largest absolute Gasteiger partial charge is 0.383 e. The molecule has 3 heteroatoms. The van der Waals surface area contributed by atoms with Crippen molar-refractivity contribution in [2.24, 2.45) is 11.8 Å². The molecule has 146 valence electrons. The van der Waals surface area contributed by atoms with Crippen LogP contribution in [0.5, 0.6) is 0 Å². The fourth-order valence-electron chi connectivity index (χ4n) is 3.27. The van der Waals surface area contributed by atoms with Crippen molar-refractivity contribution in [2.75, 3.05) is 13.7 Å². The summed E-state index contributed by atoms with van der Waals surface area (Å²) in [5.41, 5.74) is 4.06. The predicted molar refractivity (Wildman–Crippen MR) is 108 cm³/mol. The fraction of sp³-hybridized carbons (Fsp3) is 0.652. The van der Waals surface area contributed by atoms with Crippen LogP contribution in [-0.4, -0.2) is 25.3 Å². The van der Waals surface area contributed by atoms with Crippen LogP contribution in [0.15, 0.2) is 12.1 Å². The number of rotatable bonds is 9. The molecule has 0 radical (unpaired) electrons. The van der Waals surface area contributed by atoms with Gasteiger partial charge in [0.2, 0.25) is 0 Å². The fourth-order valence-corrected chi connectivity index (χ4v) is 3.27. The van der Waals surface area contributed by atoms with Crippen LogP contribution in [0.1, 0.15) is 100 Å². The standard InChI is InChI=1S/C23H36O3/c1-13(2)17-10-18(14(3)4)21(19(11-17)15(5)6)23(25)20(12-26-9)22(24)16(7)8/h10-11,13-16,20H,12H2,1-9H3. The molecule has 0 aliphatic carbocycles. The molecule has 0 saturated carbocycles. The molecule has 26 heavy (non-hydrogen) atoms. The van der Waals surface area contributed by atoms with Crippen molar-refractivity contribution in [2.45, 2.75) is 73.1 Å². The van der Waals surface area contributed by atoms with E-state index in [-0.39, 0.29) is 35.9 Å². The molecule has 3 nitrogen and oxygen atoms in total. The number of hydrogen-bond donors (Lipinski definition) is 0. The van der Waals surface area contributed by atoms with Crippen LogP contribution in [0.25, 0.3) is 0 Å². The number of hydrogen-bond acceptors (Lipinski definition) is 3. The van der Waals surface area contributed by atoms with Gasteiger partial charge < -0.3 is 4.74 Å². The van der Waals surface area contributed by atoms with Crippen molar-refractivity contribution in [1.82, 2.24) is 0 Å². The molecule has 1 rings (SSSR count). The summed E-state index contributed by atoms with van der Waals surface area (Å²) in [6.07, 6.45) is 0. The first-order valence-electron chi connectivity index (χ1n) is 9.77. The first-order valence-corrected chi connectivity index (χ1v) is 9.77. The molecule has 0 aliphatic rings. The quantitative estimate of drug-likeness (QED) is 0.417. The van der Waals surface area contributed by atoms with Gasteiger partial charge in [-0.1, -0.05) is 67.5 Å². The van der Waals surface area contributed by atoms with E-state index in [2.05, 4.69) is 53.7 Å². The molecule has 0 N–H and O–H groups in total. The summed E-state index contributed by atoms with van der Waals surface area (Å²) in [6, 6.07) is 4.30. The molecule has 0 aromatic heterocycles. The highest BCUT2D eigenvalue weighted by molar-refractivity contribution is 6.12. The van der Waals surface area contributed by atoms with Crippen molar-refractivity contribution in [3.8, 4) is 0 Å². The maximum atomic E-state index is 13.5. The molecule has 1 aromatic carbocycles. The van der Waals surface area contributed by atoms with Gasteiger partial charge in [0.1, 0.15) is 11.7 Å². The van der Waals surface area contributed by atoms with Gasteiger partial charge in [0.05, 0.1) is 6.61 Å². The molecule has 0 fully saturated rings. The number of ketones is 2. The van der Waals surface area contributed by atoms with E-state index in [0.717, 1.165) is 16.7 Å². The summed E-state index contributed by atoms with van der Waals surface area (Å²) in [4.78, 5) is 26.2. The van der Waals surface area contributed by atoms with Crippen LogP contribution < -0.4 is 0 Å². The molecule has 0 spiro atoms. The minimum atomic E-state index is -0.736. The van der Waals surface area contributed by atoms with E-state index in [9.17, 15) is 9.59 Å². The number of methoxy groups -OCH3 is 1. The van der Waals surface area contributed by atoms with Gasteiger partial charge in [0.15, 0.2) is 5.78 Å². The van der Waals surface area contributed by atoms with Crippen LogP contribution in [0, 0.1) is 11.8 Å². The first-order chi connectivity index (χ1) is 12.0. The van der Waals surface area contributed by atoms with E-state index in [1.54, 1.807) is 7.11 Å². The van der Waals surface area contributed by atoms with Gasteiger partial charge in [-0.25, -0.2) is 0 Å². The Morgan fingerprint density at radius 2 is 1.31 bits per heavy atom. The zero-order valence-electron chi connectivity index (χ0n) is 18.0. The number of Topliss-reactive ketones (excluding diaryl/α,β-unsaturated/α-hetero) is 2. The van der Waals surface area contributed by atoms with E-state index < -0.39 is 5.92 Å². The van der Waals surface area contributed by atoms with Crippen LogP contribution in [0.2, 0.25) is 0 Å². The zero-order chi connectivity index (χ0) is 20.2. The smallest absolute Gasteiger partial charge is 0.176 e. The van der Waals surface area contributed by atoms with Gasteiger partial charge in [0, 0.05) is 18.6 Å². The molecule has 1 unspecified atom stereocenters. The number of carbonyl (C=O) groups excluding carboxylic acids is 2. The van der Waals surface area contributed by atoms with Gasteiger partial charge in [-0.3, -0.25) is 9.59 Å². The van der Waals surface area contributed by atoms with Crippen LogP contribution in [0.3, 0.4) is 0 Å². The monoisotopic (exact) mass is 360 g/mol. The molecular weight excluding hydrogens is 324 g/mol. The Labute approximate surface area is 159 Å². The van der Waals surface area contributed by atoms with Crippen LogP contribution >= 0.6 is 0 Å². The Balaban J connectivity index is 3.66. The van der Waals surface area contributed by atoms with E-state index in [1.807, 2.05) is 13.8 Å². The number of carbonyl (C=O) groups is 2. The lowest BCUT2D eigenvalue weighted by Gasteiger charge is -2.25. The second kappa shape index (κ2) is 9.45. The summed E-state index contributed by atoms with van der Waals surface area (Å²) < 4.78 is 5.24. The zero-order valence-corrected chi connectivity index (χ0v) is 18.0. The van der Waals surface area contributed by atoms with E-state index in [1.165, 1.54) is 5.56 Å². The summed E-state index contributed by atoms with van der Waals surface area (Å²) in [5, 5.41) is 0. The average Bonchev–Trinajstić information content (AvgIpc) is 2.56. The second-order valence-corrected chi connectivity index (χ2v) is 8.47. The van der Waals surface area contributed by atoms with Crippen molar-refractivity contribution < 1.29 is 14.3 Å². The van der Waals surface area contributed by atoms with E-state index in [0.29, 0.717) is 5.92 Å². The molecule has 0 aliphatic heterocycles. The highest BCUT2D eigenvalue weighted by Gasteiger charge is 2.33. The topological polar surface area (TPSA) is 43.4 Å². The minimum absolute atomic E-state index is 0.0470. The normalized spacial score (nSPS) is 13.1. The lowest BCUT2D eigenvalue weighted by atomic mass is 9.79. The van der Waals surface area contributed by atoms with E-state index >= 15 is 0 Å².